The summed E-state index contributed by atoms with van der Waals surface area (Å²) >= 11 is 0. The smallest absolute Gasteiger partial charge is 0.317 e. The number of rotatable bonds is 4. The first-order valence-corrected chi connectivity index (χ1v) is 9.05. The van der Waals surface area contributed by atoms with Gasteiger partial charge in [0.2, 0.25) is 5.91 Å². The number of benzene rings is 1. The molecule has 1 saturated heterocycles. The van der Waals surface area contributed by atoms with E-state index < -0.39 is 0 Å². The predicted molar refractivity (Wildman–Crippen MR) is 93.2 cm³/mol. The summed E-state index contributed by atoms with van der Waals surface area (Å²) in [5.74, 6) is -0.0302. The maximum absolute atomic E-state index is 12.7. The molecule has 3 amide bonds. The molecular weight excluding hydrogens is 302 g/mol. The van der Waals surface area contributed by atoms with Crippen LogP contribution in [0.1, 0.15) is 50.1 Å². The second-order valence-corrected chi connectivity index (χ2v) is 7.07. The van der Waals surface area contributed by atoms with Gasteiger partial charge in [-0.1, -0.05) is 49.6 Å². The lowest BCUT2D eigenvalue weighted by Gasteiger charge is -2.32. The molecule has 1 aliphatic heterocycles. The number of likely N-dealkylation sites (tertiary alicyclic amines) is 1. The molecule has 3 rings (SSSR count). The van der Waals surface area contributed by atoms with Crippen molar-refractivity contribution in [2.45, 2.75) is 44.6 Å². The van der Waals surface area contributed by atoms with Crippen molar-refractivity contribution in [3.05, 3.63) is 35.9 Å². The van der Waals surface area contributed by atoms with Crippen LogP contribution in [0.2, 0.25) is 0 Å². The summed E-state index contributed by atoms with van der Waals surface area (Å²) in [6.07, 6.45) is 6.74. The summed E-state index contributed by atoms with van der Waals surface area (Å²) in [6.45, 7) is 1.04. The van der Waals surface area contributed by atoms with Gasteiger partial charge >= 0.3 is 6.03 Å². The van der Waals surface area contributed by atoms with Crippen LogP contribution in [0.25, 0.3) is 0 Å². The lowest BCUT2D eigenvalue weighted by atomic mass is 9.81. The van der Waals surface area contributed by atoms with Crippen molar-refractivity contribution in [3.8, 4) is 0 Å². The Bertz CT molecular complexity index is 569. The van der Waals surface area contributed by atoms with Crippen LogP contribution < -0.4 is 11.1 Å². The first-order chi connectivity index (χ1) is 11.6. The van der Waals surface area contributed by atoms with Crippen LogP contribution >= 0.6 is 0 Å². The quantitative estimate of drug-likeness (QED) is 0.891. The van der Waals surface area contributed by atoms with Crippen molar-refractivity contribution in [2.75, 3.05) is 13.1 Å². The van der Waals surface area contributed by atoms with Gasteiger partial charge in [-0.25, -0.2) is 4.79 Å². The average Bonchev–Trinajstić information content (AvgIpc) is 3.11. The maximum atomic E-state index is 12.7. The van der Waals surface area contributed by atoms with Crippen molar-refractivity contribution in [2.24, 2.45) is 17.6 Å². The Kier molecular flexibility index (Phi) is 5.38. The second kappa shape index (κ2) is 7.69. The van der Waals surface area contributed by atoms with Gasteiger partial charge < -0.3 is 16.0 Å². The molecule has 5 nitrogen and oxygen atoms in total. The lowest BCUT2D eigenvalue weighted by Crippen LogP contribution is -2.43. The molecule has 130 valence electrons. The number of urea groups is 1. The van der Waals surface area contributed by atoms with E-state index in [1.54, 1.807) is 4.90 Å². The number of hydrogen-bond donors (Lipinski definition) is 2. The first-order valence-electron chi connectivity index (χ1n) is 9.05. The van der Waals surface area contributed by atoms with Crippen molar-refractivity contribution >= 4 is 11.9 Å². The number of hydrogen-bond acceptors (Lipinski definition) is 2. The van der Waals surface area contributed by atoms with E-state index in [1.165, 1.54) is 24.8 Å². The normalized spacial score (nSPS) is 23.0. The Morgan fingerprint density at radius 2 is 1.79 bits per heavy atom. The van der Waals surface area contributed by atoms with E-state index in [-0.39, 0.29) is 23.9 Å². The van der Waals surface area contributed by atoms with Crippen LogP contribution in [-0.2, 0) is 4.79 Å². The van der Waals surface area contributed by atoms with Crippen LogP contribution in [-0.4, -0.2) is 29.9 Å². The minimum atomic E-state index is -0.308. The molecule has 1 saturated carbocycles. The fourth-order valence-electron chi connectivity index (χ4n) is 4.00. The Morgan fingerprint density at radius 1 is 1.08 bits per heavy atom. The van der Waals surface area contributed by atoms with Gasteiger partial charge in [0.1, 0.15) is 0 Å². The summed E-state index contributed by atoms with van der Waals surface area (Å²) in [4.78, 5) is 25.8. The van der Waals surface area contributed by atoms with Gasteiger partial charge in [0.15, 0.2) is 0 Å². The Morgan fingerprint density at radius 3 is 2.42 bits per heavy atom. The van der Waals surface area contributed by atoms with Gasteiger partial charge in [0.25, 0.3) is 0 Å². The number of nitrogens with one attached hydrogen (secondary N) is 1. The summed E-state index contributed by atoms with van der Waals surface area (Å²) < 4.78 is 0. The Hall–Kier alpha value is -2.04. The number of primary amides is 1. The van der Waals surface area contributed by atoms with Gasteiger partial charge in [-0.15, -0.1) is 0 Å². The highest BCUT2D eigenvalue weighted by molar-refractivity contribution is 5.80. The second-order valence-electron chi connectivity index (χ2n) is 7.07. The summed E-state index contributed by atoms with van der Waals surface area (Å²) in [6, 6.07) is 10.2. The third kappa shape index (κ3) is 3.89. The molecule has 0 bridgehead atoms. The zero-order chi connectivity index (χ0) is 16.9. The van der Waals surface area contributed by atoms with E-state index in [0.29, 0.717) is 25.4 Å². The fourth-order valence-corrected chi connectivity index (χ4v) is 4.00. The zero-order valence-corrected chi connectivity index (χ0v) is 14.1. The number of carbonyl (C=O) groups excluding carboxylic acids is 2. The SMILES string of the molecule is NC(=O)C1CCN(C(=O)NC(c2ccccc2)C2CCCCC2)C1. The first kappa shape index (κ1) is 16.8. The van der Waals surface area contributed by atoms with E-state index >= 15 is 0 Å². The number of nitrogens with two attached hydrogens (primary N) is 1. The highest BCUT2D eigenvalue weighted by Gasteiger charge is 2.32. The topological polar surface area (TPSA) is 75.4 Å². The monoisotopic (exact) mass is 329 g/mol. The number of nitrogens with zero attached hydrogens (tertiary/aromatic N) is 1. The van der Waals surface area contributed by atoms with E-state index in [9.17, 15) is 9.59 Å². The number of amides is 3. The third-order valence-corrected chi connectivity index (χ3v) is 5.44. The van der Waals surface area contributed by atoms with E-state index in [0.717, 1.165) is 12.8 Å². The fraction of sp³-hybridized carbons (Fsp3) is 0.579. The molecule has 2 unspecified atom stereocenters. The molecule has 1 aromatic carbocycles. The van der Waals surface area contributed by atoms with Gasteiger partial charge in [-0.3, -0.25) is 4.79 Å². The van der Waals surface area contributed by atoms with Crippen molar-refractivity contribution < 1.29 is 9.59 Å². The highest BCUT2D eigenvalue weighted by atomic mass is 16.2. The van der Waals surface area contributed by atoms with E-state index in [4.69, 9.17) is 5.73 Å². The van der Waals surface area contributed by atoms with Crippen LogP contribution in [0.4, 0.5) is 4.79 Å². The lowest BCUT2D eigenvalue weighted by molar-refractivity contribution is -0.121. The molecule has 24 heavy (non-hydrogen) atoms. The Labute approximate surface area is 143 Å². The zero-order valence-electron chi connectivity index (χ0n) is 14.1. The molecule has 1 heterocycles. The summed E-state index contributed by atoms with van der Waals surface area (Å²) in [7, 11) is 0. The average molecular weight is 329 g/mol. The molecule has 1 aliphatic carbocycles. The molecule has 0 radical (unpaired) electrons. The van der Waals surface area contributed by atoms with Crippen LogP contribution in [0.15, 0.2) is 30.3 Å². The van der Waals surface area contributed by atoms with Crippen molar-refractivity contribution in [1.82, 2.24) is 10.2 Å². The molecule has 0 aromatic heterocycles. The summed E-state index contributed by atoms with van der Waals surface area (Å²) in [5.41, 5.74) is 6.54. The maximum Gasteiger partial charge on any atom is 0.317 e. The molecule has 2 fully saturated rings. The number of carbonyl (C=O) groups is 2. The van der Waals surface area contributed by atoms with Gasteiger partial charge in [0.05, 0.1) is 12.0 Å². The third-order valence-electron chi connectivity index (χ3n) is 5.44. The minimum absolute atomic E-state index is 0.0478. The van der Waals surface area contributed by atoms with Crippen molar-refractivity contribution in [1.29, 1.82) is 0 Å². The van der Waals surface area contributed by atoms with E-state index in [1.807, 2.05) is 18.2 Å². The van der Waals surface area contributed by atoms with Gasteiger partial charge in [-0.2, -0.15) is 0 Å². The predicted octanol–water partition coefficient (Wildman–Crippen LogP) is 2.82. The molecule has 2 atom stereocenters. The molecule has 2 aliphatic rings. The van der Waals surface area contributed by atoms with E-state index in [2.05, 4.69) is 17.4 Å². The van der Waals surface area contributed by atoms with Crippen LogP contribution in [0.5, 0.6) is 0 Å². The standard InChI is InChI=1S/C19H27N3O2/c20-18(23)16-11-12-22(13-16)19(24)21-17(14-7-3-1-4-8-14)15-9-5-2-6-10-15/h1,3-4,7-8,15-17H,2,5-6,9-13H2,(H2,20,23)(H,21,24). The molecular formula is C19H27N3O2. The van der Waals surface area contributed by atoms with Gasteiger partial charge in [0, 0.05) is 13.1 Å². The minimum Gasteiger partial charge on any atom is -0.369 e. The largest absolute Gasteiger partial charge is 0.369 e. The molecule has 0 spiro atoms. The molecule has 5 heteroatoms. The van der Waals surface area contributed by atoms with Gasteiger partial charge in [-0.05, 0) is 30.7 Å². The highest BCUT2D eigenvalue weighted by Crippen LogP contribution is 2.34. The summed E-state index contributed by atoms with van der Waals surface area (Å²) in [5, 5.41) is 3.24. The van der Waals surface area contributed by atoms with Crippen LogP contribution in [0.3, 0.4) is 0 Å². The van der Waals surface area contributed by atoms with Crippen LogP contribution in [0, 0.1) is 11.8 Å². The molecule has 1 aromatic rings. The molecule has 3 N–H and O–H groups in total. The Balaban J connectivity index is 1.69. The van der Waals surface area contributed by atoms with Crippen molar-refractivity contribution in [3.63, 3.8) is 0 Å².